The van der Waals surface area contributed by atoms with E-state index in [1.807, 2.05) is 22.8 Å². The van der Waals surface area contributed by atoms with Gasteiger partial charge in [0.05, 0.1) is 12.2 Å². The molecule has 4 rings (SSSR count). The number of hydrogen-bond acceptors (Lipinski definition) is 2. The lowest BCUT2D eigenvalue weighted by Gasteiger charge is -2.24. The van der Waals surface area contributed by atoms with Crippen LogP contribution in [0.3, 0.4) is 0 Å². The number of nitrogens with one attached hydrogen (secondary N) is 1. The quantitative estimate of drug-likeness (QED) is 0.935. The zero-order chi connectivity index (χ0) is 17.4. The molecule has 1 aromatic heterocycles. The minimum Gasteiger partial charge on any atom is -0.331 e. The topological polar surface area (TPSA) is 50.2 Å². The van der Waals surface area contributed by atoms with Crippen molar-refractivity contribution >= 4 is 6.03 Å². The predicted octanol–water partition coefficient (Wildman–Crippen LogP) is 2.93. The number of aryl methyl sites for hydroxylation is 1. The Morgan fingerprint density at radius 1 is 1.36 bits per heavy atom. The highest BCUT2D eigenvalue weighted by atomic mass is 16.2. The molecule has 3 atom stereocenters. The van der Waals surface area contributed by atoms with E-state index in [4.69, 9.17) is 0 Å². The highest BCUT2D eigenvalue weighted by molar-refractivity contribution is 5.75. The number of urea groups is 1. The summed E-state index contributed by atoms with van der Waals surface area (Å²) in [6.07, 6.45) is 7.11. The number of fused-ring (bicyclic) bond motifs is 1. The monoisotopic (exact) mass is 338 g/mol. The molecule has 1 fully saturated rings. The maximum absolute atomic E-state index is 12.8. The van der Waals surface area contributed by atoms with Crippen LogP contribution in [0.2, 0.25) is 0 Å². The second kappa shape index (κ2) is 6.54. The average molecular weight is 338 g/mol. The van der Waals surface area contributed by atoms with Gasteiger partial charge in [-0.1, -0.05) is 31.2 Å². The highest BCUT2D eigenvalue weighted by Crippen LogP contribution is 2.35. The van der Waals surface area contributed by atoms with E-state index in [1.54, 1.807) is 0 Å². The van der Waals surface area contributed by atoms with Crippen LogP contribution in [0.4, 0.5) is 4.79 Å². The molecule has 0 unspecified atom stereocenters. The first-order valence-electron chi connectivity index (χ1n) is 9.21. The van der Waals surface area contributed by atoms with E-state index in [1.165, 1.54) is 16.7 Å². The molecule has 1 aromatic carbocycles. The lowest BCUT2D eigenvalue weighted by Crippen LogP contribution is -2.41. The Morgan fingerprint density at radius 2 is 2.20 bits per heavy atom. The molecule has 0 saturated carbocycles. The number of hydrogen-bond donors (Lipinski definition) is 1. The van der Waals surface area contributed by atoms with E-state index in [9.17, 15) is 4.79 Å². The van der Waals surface area contributed by atoms with Crippen molar-refractivity contribution < 1.29 is 4.79 Å². The van der Waals surface area contributed by atoms with Crippen molar-refractivity contribution in [3.63, 3.8) is 0 Å². The van der Waals surface area contributed by atoms with E-state index in [2.05, 4.69) is 47.8 Å². The molecule has 2 heterocycles. The lowest BCUT2D eigenvalue weighted by molar-refractivity contribution is 0.199. The molecule has 132 valence electrons. The summed E-state index contributed by atoms with van der Waals surface area (Å²) in [4.78, 5) is 14.7. The zero-order valence-corrected chi connectivity index (χ0v) is 15.0. The molecule has 0 radical (unpaired) electrons. The van der Waals surface area contributed by atoms with Crippen LogP contribution < -0.4 is 5.32 Å². The SMILES string of the molecule is C[C@@H]1Cc2ccccc2[C@H]1NC(=O)N1CC[C@H](Cc2cnn(C)c2)C1. The molecule has 1 aliphatic carbocycles. The Labute approximate surface area is 149 Å². The van der Waals surface area contributed by atoms with Crippen LogP contribution in [-0.2, 0) is 19.9 Å². The number of carbonyl (C=O) groups is 1. The first kappa shape index (κ1) is 16.2. The minimum atomic E-state index is 0.0854. The molecular formula is C20H26N4O. The van der Waals surface area contributed by atoms with Crippen molar-refractivity contribution in [1.82, 2.24) is 20.0 Å². The fraction of sp³-hybridized carbons (Fsp3) is 0.500. The number of aromatic nitrogens is 2. The second-order valence-electron chi connectivity index (χ2n) is 7.63. The Balaban J connectivity index is 1.36. The van der Waals surface area contributed by atoms with Crippen molar-refractivity contribution in [3.8, 4) is 0 Å². The van der Waals surface area contributed by atoms with Crippen molar-refractivity contribution in [3.05, 3.63) is 53.3 Å². The van der Waals surface area contributed by atoms with E-state index in [0.717, 1.165) is 32.4 Å². The van der Waals surface area contributed by atoms with Gasteiger partial charge in [-0.25, -0.2) is 4.79 Å². The van der Waals surface area contributed by atoms with Crippen molar-refractivity contribution in [2.75, 3.05) is 13.1 Å². The number of likely N-dealkylation sites (tertiary alicyclic amines) is 1. The van der Waals surface area contributed by atoms with Crippen molar-refractivity contribution in [2.45, 2.75) is 32.2 Å². The van der Waals surface area contributed by atoms with Gasteiger partial charge in [0.15, 0.2) is 0 Å². The molecule has 2 aliphatic rings. The summed E-state index contributed by atoms with van der Waals surface area (Å²) in [5, 5.41) is 7.52. The molecule has 2 amide bonds. The Kier molecular flexibility index (Phi) is 4.24. The third kappa shape index (κ3) is 3.28. The fourth-order valence-electron chi connectivity index (χ4n) is 4.33. The van der Waals surface area contributed by atoms with E-state index in [-0.39, 0.29) is 12.1 Å². The predicted molar refractivity (Wildman–Crippen MR) is 97.2 cm³/mol. The third-order valence-corrected chi connectivity index (χ3v) is 5.64. The third-order valence-electron chi connectivity index (χ3n) is 5.64. The van der Waals surface area contributed by atoms with Gasteiger partial charge in [-0.2, -0.15) is 5.10 Å². The Hall–Kier alpha value is -2.30. The zero-order valence-electron chi connectivity index (χ0n) is 15.0. The second-order valence-corrected chi connectivity index (χ2v) is 7.63. The molecule has 25 heavy (non-hydrogen) atoms. The first-order valence-corrected chi connectivity index (χ1v) is 9.21. The summed E-state index contributed by atoms with van der Waals surface area (Å²) in [7, 11) is 1.94. The maximum Gasteiger partial charge on any atom is 0.317 e. The smallest absolute Gasteiger partial charge is 0.317 e. The summed E-state index contributed by atoms with van der Waals surface area (Å²) in [5.41, 5.74) is 3.92. The van der Waals surface area contributed by atoms with Gasteiger partial charge in [0, 0.05) is 26.3 Å². The number of benzene rings is 1. The van der Waals surface area contributed by atoms with Crippen LogP contribution >= 0.6 is 0 Å². The molecular weight excluding hydrogens is 312 g/mol. The molecule has 0 bridgehead atoms. The normalized spacial score (nSPS) is 25.2. The van der Waals surface area contributed by atoms with Gasteiger partial charge in [0.1, 0.15) is 0 Å². The number of rotatable bonds is 3. The molecule has 2 aromatic rings. The van der Waals surface area contributed by atoms with Crippen LogP contribution in [0.15, 0.2) is 36.7 Å². The molecule has 5 heteroatoms. The summed E-state index contributed by atoms with van der Waals surface area (Å²) in [6.45, 7) is 3.91. The fourth-order valence-corrected chi connectivity index (χ4v) is 4.33. The van der Waals surface area contributed by atoms with Crippen LogP contribution in [0, 0.1) is 11.8 Å². The van der Waals surface area contributed by atoms with Gasteiger partial charge in [-0.15, -0.1) is 0 Å². The van der Waals surface area contributed by atoms with E-state index in [0.29, 0.717) is 11.8 Å². The van der Waals surface area contributed by atoms with E-state index < -0.39 is 0 Å². The maximum atomic E-state index is 12.8. The molecule has 1 N–H and O–H groups in total. The lowest BCUT2D eigenvalue weighted by atomic mass is 10.0. The van der Waals surface area contributed by atoms with Crippen LogP contribution in [0.5, 0.6) is 0 Å². The first-order chi connectivity index (χ1) is 12.1. The Morgan fingerprint density at radius 3 is 3.00 bits per heavy atom. The standard InChI is InChI=1S/C20H26N4O/c1-14-9-17-5-3-4-6-18(17)19(14)22-20(25)24-8-7-15(13-24)10-16-11-21-23(2)12-16/h3-6,11-12,14-15,19H,7-10,13H2,1-2H3,(H,22,25)/t14-,15-,19+/m1/s1. The van der Waals surface area contributed by atoms with Crippen LogP contribution in [-0.4, -0.2) is 33.8 Å². The van der Waals surface area contributed by atoms with Gasteiger partial charge in [-0.05, 0) is 47.8 Å². The van der Waals surface area contributed by atoms with Crippen molar-refractivity contribution in [1.29, 1.82) is 0 Å². The summed E-state index contributed by atoms with van der Waals surface area (Å²) in [5.74, 6) is 0.985. The van der Waals surface area contributed by atoms with Gasteiger partial charge in [0.2, 0.25) is 0 Å². The highest BCUT2D eigenvalue weighted by Gasteiger charge is 2.33. The van der Waals surface area contributed by atoms with Crippen LogP contribution in [0.1, 0.15) is 36.1 Å². The number of carbonyl (C=O) groups excluding carboxylic acids is 1. The largest absolute Gasteiger partial charge is 0.331 e. The minimum absolute atomic E-state index is 0.0854. The summed E-state index contributed by atoms with van der Waals surface area (Å²) < 4.78 is 1.84. The molecule has 1 aliphatic heterocycles. The van der Waals surface area contributed by atoms with Gasteiger partial charge in [-0.3, -0.25) is 4.68 Å². The molecule has 0 spiro atoms. The molecule has 1 saturated heterocycles. The number of nitrogens with zero attached hydrogens (tertiary/aromatic N) is 3. The van der Waals surface area contributed by atoms with Gasteiger partial charge >= 0.3 is 6.03 Å². The Bertz CT molecular complexity index is 769. The molecule has 5 nitrogen and oxygen atoms in total. The van der Waals surface area contributed by atoms with E-state index >= 15 is 0 Å². The summed E-state index contributed by atoms with van der Waals surface area (Å²) >= 11 is 0. The van der Waals surface area contributed by atoms with Gasteiger partial charge < -0.3 is 10.2 Å². The average Bonchev–Trinajstić information content (AvgIpc) is 3.29. The van der Waals surface area contributed by atoms with Crippen molar-refractivity contribution in [2.24, 2.45) is 18.9 Å². The van der Waals surface area contributed by atoms with Crippen LogP contribution in [0.25, 0.3) is 0 Å². The summed E-state index contributed by atoms with van der Waals surface area (Å²) in [6, 6.07) is 8.70. The van der Waals surface area contributed by atoms with Gasteiger partial charge in [0.25, 0.3) is 0 Å². The number of amides is 2.